The Bertz CT molecular complexity index is 504. The van der Waals surface area contributed by atoms with Crippen LogP contribution in [0.15, 0.2) is 24.3 Å². The van der Waals surface area contributed by atoms with Crippen LogP contribution in [0.5, 0.6) is 0 Å². The number of ether oxygens (including phenoxy) is 1. The Balaban J connectivity index is 1.64. The molecule has 1 amide bonds. The summed E-state index contributed by atoms with van der Waals surface area (Å²) < 4.78 is 5.70. The van der Waals surface area contributed by atoms with Crippen molar-refractivity contribution in [3.8, 4) is 6.07 Å². The predicted molar refractivity (Wildman–Crippen MR) is 79.5 cm³/mol. The first-order valence-corrected chi connectivity index (χ1v) is 7.36. The molecule has 5 heteroatoms. The van der Waals surface area contributed by atoms with E-state index in [1.807, 2.05) is 12.1 Å². The van der Waals surface area contributed by atoms with E-state index >= 15 is 0 Å². The summed E-state index contributed by atoms with van der Waals surface area (Å²) in [6.45, 7) is 2.90. The molecule has 0 radical (unpaired) electrons. The third-order valence-corrected chi connectivity index (χ3v) is 3.51. The molecule has 0 aliphatic carbocycles. The van der Waals surface area contributed by atoms with Crippen LogP contribution in [0.2, 0.25) is 0 Å². The number of nitrogens with zero attached hydrogens (tertiary/aromatic N) is 1. The number of carbonyl (C=O) groups excluding carboxylic acids is 1. The van der Waals surface area contributed by atoms with Crippen molar-refractivity contribution in [3.63, 3.8) is 0 Å². The minimum atomic E-state index is -0.0219. The number of piperidine rings is 1. The number of rotatable bonds is 6. The normalized spacial score (nSPS) is 15.4. The van der Waals surface area contributed by atoms with E-state index in [0.717, 1.165) is 31.5 Å². The van der Waals surface area contributed by atoms with E-state index in [2.05, 4.69) is 16.7 Å². The molecule has 1 aliphatic heterocycles. The lowest BCUT2D eigenvalue weighted by Crippen LogP contribution is -2.33. The second-order valence-corrected chi connectivity index (χ2v) is 5.16. The van der Waals surface area contributed by atoms with Crippen molar-refractivity contribution in [3.05, 3.63) is 35.4 Å². The summed E-state index contributed by atoms with van der Waals surface area (Å²) in [5.74, 6) is -0.0219. The molecule has 0 spiro atoms. The van der Waals surface area contributed by atoms with Crippen LogP contribution >= 0.6 is 0 Å². The SMILES string of the molecule is N#Cc1cccc(CNC(=O)CCOC2CCNCC2)c1. The monoisotopic (exact) mass is 287 g/mol. The highest BCUT2D eigenvalue weighted by molar-refractivity contribution is 5.75. The van der Waals surface area contributed by atoms with Crippen LogP contribution < -0.4 is 10.6 Å². The Kier molecular flexibility index (Phi) is 6.20. The lowest BCUT2D eigenvalue weighted by atomic mass is 10.1. The number of hydrogen-bond acceptors (Lipinski definition) is 4. The van der Waals surface area contributed by atoms with Gasteiger partial charge in [-0.25, -0.2) is 0 Å². The van der Waals surface area contributed by atoms with Gasteiger partial charge in [-0.2, -0.15) is 5.26 Å². The van der Waals surface area contributed by atoms with Crippen LogP contribution in [0.3, 0.4) is 0 Å². The number of hydrogen-bond donors (Lipinski definition) is 2. The lowest BCUT2D eigenvalue weighted by Gasteiger charge is -2.22. The Hall–Kier alpha value is -1.90. The van der Waals surface area contributed by atoms with Gasteiger partial charge in [0.15, 0.2) is 0 Å². The van der Waals surface area contributed by atoms with Gasteiger partial charge in [-0.3, -0.25) is 4.79 Å². The summed E-state index contributed by atoms with van der Waals surface area (Å²) in [5, 5.41) is 14.9. The lowest BCUT2D eigenvalue weighted by molar-refractivity contribution is -0.122. The van der Waals surface area contributed by atoms with E-state index in [9.17, 15) is 4.79 Å². The van der Waals surface area contributed by atoms with Gasteiger partial charge in [0.25, 0.3) is 0 Å². The molecule has 21 heavy (non-hydrogen) atoms. The van der Waals surface area contributed by atoms with Crippen molar-refractivity contribution in [2.75, 3.05) is 19.7 Å². The molecule has 0 atom stereocenters. The van der Waals surface area contributed by atoms with Crippen molar-refractivity contribution in [1.29, 1.82) is 5.26 Å². The molecule has 0 aromatic heterocycles. The molecular weight excluding hydrogens is 266 g/mol. The van der Waals surface area contributed by atoms with Gasteiger partial charge in [0.2, 0.25) is 5.91 Å². The zero-order chi connectivity index (χ0) is 14.9. The molecule has 1 aromatic rings. The Morgan fingerprint density at radius 1 is 1.43 bits per heavy atom. The van der Waals surface area contributed by atoms with E-state index in [1.54, 1.807) is 12.1 Å². The third-order valence-electron chi connectivity index (χ3n) is 3.51. The molecule has 5 nitrogen and oxygen atoms in total. The van der Waals surface area contributed by atoms with Crippen LogP contribution in [-0.2, 0) is 16.1 Å². The second kappa shape index (κ2) is 8.40. The van der Waals surface area contributed by atoms with E-state index in [-0.39, 0.29) is 12.0 Å². The van der Waals surface area contributed by atoms with Gasteiger partial charge in [-0.1, -0.05) is 12.1 Å². The minimum absolute atomic E-state index is 0.0219. The first kappa shape index (κ1) is 15.5. The summed E-state index contributed by atoms with van der Waals surface area (Å²) in [6.07, 6.45) is 2.69. The third kappa shape index (κ3) is 5.54. The number of amides is 1. The zero-order valence-electron chi connectivity index (χ0n) is 12.1. The predicted octanol–water partition coefficient (Wildman–Crippen LogP) is 1.33. The number of benzene rings is 1. The summed E-state index contributed by atoms with van der Waals surface area (Å²) in [6, 6.07) is 9.33. The Morgan fingerprint density at radius 3 is 3.00 bits per heavy atom. The van der Waals surface area contributed by atoms with Crippen LogP contribution in [0.1, 0.15) is 30.4 Å². The highest BCUT2D eigenvalue weighted by Gasteiger charge is 2.13. The van der Waals surface area contributed by atoms with E-state index in [0.29, 0.717) is 25.1 Å². The van der Waals surface area contributed by atoms with Gasteiger partial charge >= 0.3 is 0 Å². The maximum Gasteiger partial charge on any atom is 0.222 e. The number of carbonyl (C=O) groups is 1. The first-order valence-electron chi connectivity index (χ1n) is 7.36. The van der Waals surface area contributed by atoms with Gasteiger partial charge in [-0.15, -0.1) is 0 Å². The Morgan fingerprint density at radius 2 is 2.24 bits per heavy atom. The minimum Gasteiger partial charge on any atom is -0.378 e. The smallest absolute Gasteiger partial charge is 0.222 e. The largest absolute Gasteiger partial charge is 0.378 e. The summed E-state index contributed by atoms with van der Waals surface area (Å²) in [4.78, 5) is 11.7. The topological polar surface area (TPSA) is 74.2 Å². The summed E-state index contributed by atoms with van der Waals surface area (Å²) in [5.41, 5.74) is 1.54. The zero-order valence-corrected chi connectivity index (χ0v) is 12.1. The molecule has 1 aliphatic rings. The van der Waals surface area contributed by atoms with Crippen molar-refractivity contribution in [2.45, 2.75) is 31.9 Å². The maximum atomic E-state index is 11.7. The molecular formula is C16H21N3O2. The van der Waals surface area contributed by atoms with E-state index < -0.39 is 0 Å². The van der Waals surface area contributed by atoms with Gasteiger partial charge in [0.05, 0.1) is 24.3 Å². The fraction of sp³-hybridized carbons (Fsp3) is 0.500. The molecule has 0 saturated carbocycles. The average Bonchev–Trinajstić information content (AvgIpc) is 2.54. The Labute approximate surface area is 125 Å². The van der Waals surface area contributed by atoms with Crippen LogP contribution in [0, 0.1) is 11.3 Å². The molecule has 112 valence electrons. The van der Waals surface area contributed by atoms with Crippen LogP contribution in [-0.4, -0.2) is 31.7 Å². The molecule has 1 fully saturated rings. The summed E-state index contributed by atoms with van der Waals surface area (Å²) in [7, 11) is 0. The van der Waals surface area contributed by atoms with Gasteiger partial charge in [-0.05, 0) is 43.6 Å². The number of nitriles is 1. The first-order chi connectivity index (χ1) is 10.3. The molecule has 2 rings (SSSR count). The van der Waals surface area contributed by atoms with Gasteiger partial charge in [0.1, 0.15) is 0 Å². The standard InChI is InChI=1S/C16H21N3O2/c17-11-13-2-1-3-14(10-13)12-19-16(20)6-9-21-15-4-7-18-8-5-15/h1-3,10,15,18H,4-9,12H2,(H,19,20). The van der Waals surface area contributed by atoms with E-state index in [1.165, 1.54) is 0 Å². The van der Waals surface area contributed by atoms with Crippen LogP contribution in [0.25, 0.3) is 0 Å². The van der Waals surface area contributed by atoms with Crippen LogP contribution in [0.4, 0.5) is 0 Å². The fourth-order valence-electron chi connectivity index (χ4n) is 2.32. The average molecular weight is 287 g/mol. The quantitative estimate of drug-likeness (QED) is 0.828. The highest BCUT2D eigenvalue weighted by Crippen LogP contribution is 2.07. The van der Waals surface area contributed by atoms with Crippen molar-refractivity contribution >= 4 is 5.91 Å². The van der Waals surface area contributed by atoms with Gasteiger partial charge < -0.3 is 15.4 Å². The van der Waals surface area contributed by atoms with Crippen molar-refractivity contribution in [1.82, 2.24) is 10.6 Å². The number of nitrogens with one attached hydrogen (secondary N) is 2. The molecule has 0 unspecified atom stereocenters. The maximum absolute atomic E-state index is 11.7. The highest BCUT2D eigenvalue weighted by atomic mass is 16.5. The molecule has 1 saturated heterocycles. The molecule has 0 bridgehead atoms. The van der Waals surface area contributed by atoms with Crippen molar-refractivity contribution in [2.24, 2.45) is 0 Å². The summed E-state index contributed by atoms with van der Waals surface area (Å²) >= 11 is 0. The molecule has 2 N–H and O–H groups in total. The van der Waals surface area contributed by atoms with Crippen molar-refractivity contribution < 1.29 is 9.53 Å². The molecule has 1 aromatic carbocycles. The fourth-order valence-corrected chi connectivity index (χ4v) is 2.32. The second-order valence-electron chi connectivity index (χ2n) is 5.16. The molecule has 1 heterocycles. The van der Waals surface area contributed by atoms with Gasteiger partial charge in [0, 0.05) is 13.0 Å². The van der Waals surface area contributed by atoms with E-state index in [4.69, 9.17) is 10.00 Å².